The van der Waals surface area contributed by atoms with Crippen LogP contribution in [-0.4, -0.2) is 16.9 Å². The van der Waals surface area contributed by atoms with Crippen LogP contribution in [0.1, 0.15) is 11.1 Å². The van der Waals surface area contributed by atoms with E-state index in [1.807, 2.05) is 0 Å². The van der Waals surface area contributed by atoms with E-state index in [4.69, 9.17) is 10.5 Å². The summed E-state index contributed by atoms with van der Waals surface area (Å²) in [5.74, 6) is -0.0185. The number of nitrogens with two attached hydrogens (primary N) is 1. The van der Waals surface area contributed by atoms with E-state index in [2.05, 4.69) is 5.10 Å². The number of hydrogen-bond donors (Lipinski definition) is 1. The Morgan fingerprint density at radius 2 is 1.89 bits per heavy atom. The van der Waals surface area contributed by atoms with Crippen LogP contribution in [-0.2, 0) is 10.9 Å². The van der Waals surface area contributed by atoms with E-state index in [9.17, 15) is 18.0 Å². The average Bonchev–Trinajstić information content (AvgIpc) is 2.38. The summed E-state index contributed by atoms with van der Waals surface area (Å²) in [7, 11) is 0. The van der Waals surface area contributed by atoms with Crippen LogP contribution >= 0.6 is 0 Å². The summed E-state index contributed by atoms with van der Waals surface area (Å²) in [4.78, 5) is 10.9. The normalized spacial score (nSPS) is 14.9. The van der Waals surface area contributed by atoms with Gasteiger partial charge in [-0.05, 0) is 24.3 Å². The molecule has 1 aromatic carbocycles. The number of ether oxygens (including phenoxy) is 1. The third-order valence-corrected chi connectivity index (χ3v) is 2.27. The van der Waals surface area contributed by atoms with Gasteiger partial charge in [0, 0.05) is 5.56 Å². The van der Waals surface area contributed by atoms with Crippen LogP contribution in [0.4, 0.5) is 18.0 Å². The molecule has 1 aromatic rings. The Morgan fingerprint density at radius 3 is 2.42 bits per heavy atom. The van der Waals surface area contributed by atoms with Crippen LogP contribution in [0.3, 0.4) is 0 Å². The van der Waals surface area contributed by atoms with E-state index >= 15 is 0 Å². The minimum Gasteiger partial charge on any atom is -0.443 e. The van der Waals surface area contributed by atoms with Crippen molar-refractivity contribution in [1.29, 1.82) is 0 Å². The maximum absolute atomic E-state index is 12.4. The van der Waals surface area contributed by atoms with E-state index in [1.165, 1.54) is 18.3 Å². The highest BCUT2D eigenvalue weighted by molar-refractivity contribution is 5.95. The van der Waals surface area contributed by atoms with Crippen molar-refractivity contribution in [2.45, 2.75) is 6.18 Å². The Morgan fingerprint density at radius 1 is 1.26 bits per heavy atom. The molecule has 1 aliphatic rings. The molecule has 2 rings (SSSR count). The van der Waals surface area contributed by atoms with Gasteiger partial charge in [-0.15, -0.1) is 5.10 Å². The van der Waals surface area contributed by atoms with Crippen LogP contribution in [0.5, 0.6) is 0 Å². The van der Waals surface area contributed by atoms with Gasteiger partial charge in [-0.1, -0.05) is 0 Å². The molecule has 5 nitrogen and oxygen atoms in total. The van der Waals surface area contributed by atoms with Gasteiger partial charge in [-0.3, -0.25) is 0 Å². The van der Waals surface area contributed by atoms with E-state index in [0.717, 1.165) is 23.4 Å². The number of rotatable bonds is 1. The summed E-state index contributed by atoms with van der Waals surface area (Å²) in [5, 5.41) is 4.54. The topological polar surface area (TPSA) is 67.9 Å². The van der Waals surface area contributed by atoms with Crippen molar-refractivity contribution in [3.05, 3.63) is 47.9 Å². The summed E-state index contributed by atoms with van der Waals surface area (Å²) in [6.07, 6.45) is -2.06. The van der Waals surface area contributed by atoms with Crippen LogP contribution < -0.4 is 5.73 Å². The third-order valence-electron chi connectivity index (χ3n) is 2.27. The molecular formula is C11H8F3N3O2. The molecular weight excluding hydrogens is 263 g/mol. The zero-order chi connectivity index (χ0) is 14.0. The molecule has 0 aliphatic carbocycles. The van der Waals surface area contributed by atoms with E-state index < -0.39 is 17.8 Å². The van der Waals surface area contributed by atoms with Crippen LogP contribution in [0.15, 0.2) is 41.8 Å². The second-order valence-corrected chi connectivity index (χ2v) is 3.57. The van der Waals surface area contributed by atoms with Crippen LogP contribution in [0.25, 0.3) is 0 Å². The molecule has 2 amide bonds. The Kier molecular flexibility index (Phi) is 3.16. The number of carbonyl (C=O) groups is 1. The lowest BCUT2D eigenvalue weighted by Crippen LogP contribution is -2.30. The number of hydrazone groups is 1. The van der Waals surface area contributed by atoms with Gasteiger partial charge in [0.05, 0.1) is 11.8 Å². The zero-order valence-corrected chi connectivity index (χ0v) is 9.39. The van der Waals surface area contributed by atoms with Gasteiger partial charge < -0.3 is 10.5 Å². The van der Waals surface area contributed by atoms with Crippen molar-refractivity contribution < 1.29 is 22.7 Å². The van der Waals surface area contributed by atoms with Crippen LogP contribution in [0.2, 0.25) is 0 Å². The Hall–Kier alpha value is -2.51. The highest BCUT2D eigenvalue weighted by Gasteiger charge is 2.30. The minimum absolute atomic E-state index is 0.0185. The first kappa shape index (κ1) is 12.9. The quantitative estimate of drug-likeness (QED) is 0.851. The Labute approximate surface area is 105 Å². The lowest BCUT2D eigenvalue weighted by atomic mass is 10.1. The predicted molar refractivity (Wildman–Crippen MR) is 59.6 cm³/mol. The number of hydrogen-bond acceptors (Lipinski definition) is 3. The molecule has 0 fully saturated rings. The molecule has 0 aromatic heterocycles. The Bertz CT molecular complexity index is 549. The van der Waals surface area contributed by atoms with Gasteiger partial charge in [0.2, 0.25) is 5.90 Å². The molecule has 2 N–H and O–H groups in total. The van der Waals surface area contributed by atoms with Gasteiger partial charge in [0.15, 0.2) is 0 Å². The highest BCUT2D eigenvalue weighted by Crippen LogP contribution is 2.29. The number of urea groups is 1. The SMILES string of the molecule is NC(=O)N1C=COC(c2ccc(C(F)(F)F)cc2)=N1. The standard InChI is InChI=1S/C11H8F3N3O2/c12-11(13,14)8-3-1-7(2-4-8)9-16-17(10(15)18)5-6-19-9/h1-6H,(H2,15,18). The predicted octanol–water partition coefficient (Wildman–Crippen LogP) is 2.25. The smallest absolute Gasteiger partial charge is 0.416 e. The minimum atomic E-state index is -4.41. The molecule has 0 saturated carbocycles. The second-order valence-electron chi connectivity index (χ2n) is 3.57. The Balaban J connectivity index is 2.26. The maximum atomic E-state index is 12.4. The molecule has 0 atom stereocenters. The zero-order valence-electron chi connectivity index (χ0n) is 9.39. The van der Waals surface area contributed by atoms with Crippen molar-refractivity contribution in [1.82, 2.24) is 5.01 Å². The molecule has 1 heterocycles. The molecule has 0 saturated heterocycles. The lowest BCUT2D eigenvalue weighted by molar-refractivity contribution is -0.137. The fraction of sp³-hybridized carbons (Fsp3) is 0.0909. The lowest BCUT2D eigenvalue weighted by Gasteiger charge is -2.16. The molecule has 0 spiro atoms. The monoisotopic (exact) mass is 271 g/mol. The van der Waals surface area contributed by atoms with E-state index in [-0.39, 0.29) is 5.90 Å². The van der Waals surface area contributed by atoms with Gasteiger partial charge in [-0.2, -0.15) is 18.2 Å². The summed E-state index contributed by atoms with van der Waals surface area (Å²) in [6, 6.07) is 3.35. The number of primary amides is 1. The second kappa shape index (κ2) is 4.63. The molecule has 100 valence electrons. The van der Waals surface area contributed by atoms with Crippen LogP contribution in [0, 0.1) is 0 Å². The van der Waals surface area contributed by atoms with Gasteiger partial charge in [0.1, 0.15) is 6.26 Å². The number of nitrogens with zero attached hydrogens (tertiary/aromatic N) is 2. The number of amides is 2. The first-order valence-corrected chi connectivity index (χ1v) is 5.06. The van der Waals surface area contributed by atoms with Gasteiger partial charge in [-0.25, -0.2) is 4.79 Å². The van der Waals surface area contributed by atoms with Gasteiger partial charge >= 0.3 is 12.2 Å². The van der Waals surface area contributed by atoms with Crippen molar-refractivity contribution in [2.75, 3.05) is 0 Å². The summed E-state index contributed by atoms with van der Waals surface area (Å²) in [6.45, 7) is 0. The maximum Gasteiger partial charge on any atom is 0.416 e. The fourth-order valence-electron chi connectivity index (χ4n) is 1.36. The summed E-state index contributed by atoms with van der Waals surface area (Å²) in [5.41, 5.74) is 4.53. The number of alkyl halides is 3. The molecule has 0 bridgehead atoms. The van der Waals surface area contributed by atoms with Crippen molar-refractivity contribution >= 4 is 11.9 Å². The summed E-state index contributed by atoms with van der Waals surface area (Å²) >= 11 is 0. The first-order valence-electron chi connectivity index (χ1n) is 5.06. The van der Waals surface area contributed by atoms with Crippen molar-refractivity contribution in [3.63, 3.8) is 0 Å². The highest BCUT2D eigenvalue weighted by atomic mass is 19.4. The van der Waals surface area contributed by atoms with Gasteiger partial charge in [0.25, 0.3) is 0 Å². The number of benzene rings is 1. The number of halogens is 3. The molecule has 0 radical (unpaired) electrons. The van der Waals surface area contributed by atoms with Crippen molar-refractivity contribution in [2.24, 2.45) is 10.8 Å². The average molecular weight is 271 g/mol. The van der Waals surface area contributed by atoms with Crippen molar-refractivity contribution in [3.8, 4) is 0 Å². The third kappa shape index (κ3) is 2.84. The molecule has 8 heteroatoms. The number of carbonyl (C=O) groups excluding carboxylic acids is 1. The fourth-order valence-corrected chi connectivity index (χ4v) is 1.36. The van der Waals surface area contributed by atoms with E-state index in [1.54, 1.807) is 0 Å². The molecule has 0 unspecified atom stereocenters. The first-order chi connectivity index (χ1) is 8.88. The summed E-state index contributed by atoms with van der Waals surface area (Å²) < 4.78 is 42.2. The molecule has 19 heavy (non-hydrogen) atoms. The van der Waals surface area contributed by atoms with E-state index in [0.29, 0.717) is 5.56 Å². The largest absolute Gasteiger partial charge is 0.443 e. The molecule has 1 aliphatic heterocycles.